The molecule has 0 radical (unpaired) electrons. The fourth-order valence-electron chi connectivity index (χ4n) is 0.885. The Bertz CT molecular complexity index is 471. The van der Waals surface area contributed by atoms with Gasteiger partial charge in [0, 0.05) is 6.20 Å². The van der Waals surface area contributed by atoms with E-state index in [2.05, 4.69) is 10.4 Å². The number of halogens is 3. The van der Waals surface area contributed by atoms with Crippen LogP contribution in [0, 0.1) is 0 Å². The van der Waals surface area contributed by atoms with E-state index in [4.69, 9.17) is 5.84 Å². The number of hydrogen-bond acceptors (Lipinski definition) is 5. The second-order valence-corrected chi connectivity index (χ2v) is 4.73. The summed E-state index contributed by atoms with van der Waals surface area (Å²) in [6, 6.07) is 2.31. The van der Waals surface area contributed by atoms with Crippen LogP contribution in [0.15, 0.2) is 23.2 Å². The molecule has 0 saturated heterocycles. The Balaban J connectivity index is 2.82. The molecule has 0 bridgehead atoms. The lowest BCUT2D eigenvalue weighted by molar-refractivity contribution is -0.121. The largest absolute Gasteiger partial charge is 0.402 e. The standard InChI is InChI=1S/C7H9F3N4O2S/c8-7(9,10)4-13-17(15,16)5-1-2-6(14-11)12-3-5/h1-3,13H,4,11H2,(H,12,14). The lowest BCUT2D eigenvalue weighted by atomic mass is 10.5. The highest BCUT2D eigenvalue weighted by Gasteiger charge is 2.30. The SMILES string of the molecule is NNc1ccc(S(=O)(=O)NCC(F)(F)F)cn1. The third kappa shape index (κ3) is 4.17. The molecule has 0 saturated carbocycles. The van der Waals surface area contributed by atoms with Crippen LogP contribution in [-0.2, 0) is 10.0 Å². The maximum absolute atomic E-state index is 11.9. The molecule has 0 unspecified atom stereocenters. The highest BCUT2D eigenvalue weighted by Crippen LogP contribution is 2.15. The number of aromatic nitrogens is 1. The molecule has 0 aromatic carbocycles. The molecule has 0 atom stereocenters. The van der Waals surface area contributed by atoms with Gasteiger partial charge in [-0.25, -0.2) is 24.0 Å². The number of alkyl halides is 3. The van der Waals surface area contributed by atoms with Crippen molar-refractivity contribution < 1.29 is 21.6 Å². The van der Waals surface area contributed by atoms with Crippen molar-refractivity contribution in [2.24, 2.45) is 5.84 Å². The number of nitrogens with two attached hydrogens (primary N) is 1. The van der Waals surface area contributed by atoms with Gasteiger partial charge < -0.3 is 5.43 Å². The predicted octanol–water partition coefficient (Wildman–Crippen LogP) is 0.208. The Morgan fingerprint density at radius 1 is 1.35 bits per heavy atom. The van der Waals surface area contributed by atoms with Crippen molar-refractivity contribution in [3.8, 4) is 0 Å². The molecule has 1 aromatic heterocycles. The summed E-state index contributed by atoms with van der Waals surface area (Å²) in [5.41, 5.74) is 2.16. The maximum atomic E-state index is 11.9. The van der Waals surface area contributed by atoms with Gasteiger partial charge >= 0.3 is 6.18 Å². The van der Waals surface area contributed by atoms with Crippen LogP contribution in [0.2, 0.25) is 0 Å². The fourth-order valence-corrected chi connectivity index (χ4v) is 1.84. The number of anilines is 1. The average Bonchev–Trinajstić information content (AvgIpc) is 2.26. The third-order valence-corrected chi connectivity index (χ3v) is 3.04. The molecule has 96 valence electrons. The Hall–Kier alpha value is -1.39. The summed E-state index contributed by atoms with van der Waals surface area (Å²) in [5, 5.41) is 0. The van der Waals surface area contributed by atoms with Gasteiger partial charge in [0.2, 0.25) is 10.0 Å². The van der Waals surface area contributed by atoms with Crippen LogP contribution >= 0.6 is 0 Å². The fraction of sp³-hybridized carbons (Fsp3) is 0.286. The van der Waals surface area contributed by atoms with Gasteiger partial charge in [-0.2, -0.15) is 13.2 Å². The average molecular weight is 270 g/mol. The van der Waals surface area contributed by atoms with Gasteiger partial charge in [-0.05, 0) is 12.1 Å². The quantitative estimate of drug-likeness (QED) is 0.536. The van der Waals surface area contributed by atoms with Crippen molar-refractivity contribution >= 4 is 15.8 Å². The van der Waals surface area contributed by atoms with E-state index in [-0.39, 0.29) is 10.7 Å². The van der Waals surface area contributed by atoms with Crippen LogP contribution < -0.4 is 16.0 Å². The van der Waals surface area contributed by atoms with Gasteiger partial charge in [-0.15, -0.1) is 0 Å². The summed E-state index contributed by atoms with van der Waals surface area (Å²) < 4.78 is 59.7. The minimum absolute atomic E-state index is 0.194. The van der Waals surface area contributed by atoms with Crippen molar-refractivity contribution in [2.45, 2.75) is 11.1 Å². The summed E-state index contributed by atoms with van der Waals surface area (Å²) in [5.74, 6) is 5.19. The molecule has 4 N–H and O–H groups in total. The second-order valence-electron chi connectivity index (χ2n) is 2.96. The van der Waals surface area contributed by atoms with Gasteiger partial charge in [0.05, 0.1) is 0 Å². The minimum atomic E-state index is -4.61. The molecule has 0 amide bonds. The Kier molecular flexibility index (Phi) is 3.91. The van der Waals surface area contributed by atoms with Gasteiger partial charge in [0.1, 0.15) is 17.3 Å². The zero-order chi connectivity index (χ0) is 13.1. The van der Waals surface area contributed by atoms with E-state index in [0.717, 1.165) is 12.3 Å². The van der Waals surface area contributed by atoms with Crippen LogP contribution in [0.5, 0.6) is 0 Å². The highest BCUT2D eigenvalue weighted by atomic mass is 32.2. The topological polar surface area (TPSA) is 97.1 Å². The molecular weight excluding hydrogens is 261 g/mol. The van der Waals surface area contributed by atoms with Crippen LogP contribution in [0.1, 0.15) is 0 Å². The van der Waals surface area contributed by atoms with Gasteiger partial charge in [-0.1, -0.05) is 0 Å². The number of nitrogens with zero attached hydrogens (tertiary/aromatic N) is 1. The molecule has 10 heteroatoms. The molecule has 0 aliphatic heterocycles. The number of pyridine rings is 1. The minimum Gasteiger partial charge on any atom is -0.308 e. The monoisotopic (exact) mass is 270 g/mol. The molecule has 1 aromatic rings. The van der Waals surface area contributed by atoms with E-state index in [1.807, 2.05) is 0 Å². The second kappa shape index (κ2) is 4.85. The Morgan fingerprint density at radius 3 is 2.41 bits per heavy atom. The van der Waals surface area contributed by atoms with Gasteiger partial charge in [-0.3, -0.25) is 0 Å². The number of nitrogens with one attached hydrogen (secondary N) is 2. The zero-order valence-corrected chi connectivity index (χ0v) is 9.14. The van der Waals surface area contributed by atoms with E-state index < -0.39 is 22.7 Å². The van der Waals surface area contributed by atoms with Crippen LogP contribution in [0.3, 0.4) is 0 Å². The molecule has 6 nitrogen and oxygen atoms in total. The van der Waals surface area contributed by atoms with Crippen molar-refractivity contribution in [1.82, 2.24) is 9.71 Å². The lowest BCUT2D eigenvalue weighted by Gasteiger charge is -2.09. The molecule has 1 heterocycles. The number of rotatable bonds is 4. The first-order valence-electron chi connectivity index (χ1n) is 4.24. The van der Waals surface area contributed by atoms with E-state index in [1.165, 1.54) is 10.8 Å². The summed E-state index contributed by atoms with van der Waals surface area (Å²) in [4.78, 5) is 3.20. The van der Waals surface area contributed by atoms with E-state index in [1.54, 1.807) is 0 Å². The van der Waals surface area contributed by atoms with Crippen molar-refractivity contribution in [3.63, 3.8) is 0 Å². The van der Waals surface area contributed by atoms with E-state index in [9.17, 15) is 21.6 Å². The van der Waals surface area contributed by atoms with Crippen LogP contribution in [-0.4, -0.2) is 26.1 Å². The molecular formula is C7H9F3N4O2S. The van der Waals surface area contributed by atoms with Gasteiger partial charge in [0.25, 0.3) is 0 Å². The number of nitrogen functional groups attached to an aromatic ring is 1. The van der Waals surface area contributed by atoms with Crippen LogP contribution in [0.25, 0.3) is 0 Å². The van der Waals surface area contributed by atoms with Gasteiger partial charge in [0.15, 0.2) is 0 Å². The summed E-state index contributed by atoms with van der Waals surface area (Å²) in [6.07, 6.45) is -3.72. The van der Waals surface area contributed by atoms with Crippen LogP contribution in [0.4, 0.5) is 19.0 Å². The summed E-state index contributed by atoms with van der Waals surface area (Å²) >= 11 is 0. The first-order chi connectivity index (χ1) is 7.74. The van der Waals surface area contributed by atoms with E-state index >= 15 is 0 Å². The smallest absolute Gasteiger partial charge is 0.308 e. The number of hydrogen-bond donors (Lipinski definition) is 3. The Labute approximate surface area is 95.0 Å². The van der Waals surface area contributed by atoms with E-state index in [0.29, 0.717) is 0 Å². The normalized spacial score (nSPS) is 12.5. The summed E-state index contributed by atoms with van der Waals surface area (Å²) in [6.45, 7) is -1.63. The predicted molar refractivity (Wildman–Crippen MR) is 53.3 cm³/mol. The molecule has 0 aliphatic carbocycles. The van der Waals surface area contributed by atoms with Crippen molar-refractivity contribution in [2.75, 3.05) is 12.0 Å². The third-order valence-electron chi connectivity index (χ3n) is 1.66. The molecule has 0 fully saturated rings. The molecule has 0 spiro atoms. The summed E-state index contributed by atoms with van der Waals surface area (Å²) in [7, 11) is -4.22. The lowest BCUT2D eigenvalue weighted by Crippen LogP contribution is -2.33. The first-order valence-corrected chi connectivity index (χ1v) is 5.72. The highest BCUT2D eigenvalue weighted by molar-refractivity contribution is 7.89. The Morgan fingerprint density at radius 2 is 2.00 bits per heavy atom. The maximum Gasteiger partial charge on any atom is 0.402 e. The number of hydrazine groups is 1. The van der Waals surface area contributed by atoms with Crippen molar-refractivity contribution in [3.05, 3.63) is 18.3 Å². The molecule has 0 aliphatic rings. The first kappa shape index (κ1) is 13.7. The molecule has 17 heavy (non-hydrogen) atoms. The molecule has 1 rings (SSSR count). The number of sulfonamides is 1. The van der Waals surface area contributed by atoms with Crippen molar-refractivity contribution in [1.29, 1.82) is 0 Å². The zero-order valence-electron chi connectivity index (χ0n) is 8.32.